The highest BCUT2D eigenvalue weighted by atomic mass is 16.0. The van der Waals surface area contributed by atoms with Gasteiger partial charge >= 0.3 is 0 Å². The summed E-state index contributed by atoms with van der Waals surface area (Å²) in [5, 5.41) is 0. The number of rotatable bonds is 2. The van der Waals surface area contributed by atoms with Crippen LogP contribution in [0.15, 0.2) is 0 Å². The van der Waals surface area contributed by atoms with E-state index in [0.29, 0.717) is 0 Å². The molecule has 0 radical (unpaired) electrons. The van der Waals surface area contributed by atoms with E-state index in [-0.39, 0.29) is 11.0 Å². The standard InChI is InChI=1S/2C10H22N.2H2O/c2*1-5-11(4)9(2)7-6-8-10(11)3;;/h2*9-10H,5-8H2,1-4H3;2*1H2/q2*+1;;/p-2. The minimum atomic E-state index is 0. The topological polar surface area (TPSA) is 60.0 Å². The first-order valence-electron chi connectivity index (χ1n) is 9.92. The van der Waals surface area contributed by atoms with Crippen LogP contribution in [0.4, 0.5) is 0 Å². The second-order valence-corrected chi connectivity index (χ2v) is 8.58. The van der Waals surface area contributed by atoms with Crippen molar-refractivity contribution in [2.24, 2.45) is 0 Å². The summed E-state index contributed by atoms with van der Waals surface area (Å²) in [6.07, 6.45) is 8.58. The molecule has 4 nitrogen and oxygen atoms in total. The van der Waals surface area contributed by atoms with Crippen LogP contribution in [0.25, 0.3) is 0 Å². The van der Waals surface area contributed by atoms with Crippen LogP contribution in [0.2, 0.25) is 0 Å². The van der Waals surface area contributed by atoms with Crippen molar-refractivity contribution in [3.05, 3.63) is 0 Å². The van der Waals surface area contributed by atoms with Crippen molar-refractivity contribution in [2.45, 2.75) is 104 Å². The van der Waals surface area contributed by atoms with Gasteiger partial charge in [-0.15, -0.1) is 0 Å². The van der Waals surface area contributed by atoms with Crippen LogP contribution in [0.1, 0.15) is 80.1 Å². The monoisotopic (exact) mass is 346 g/mol. The minimum Gasteiger partial charge on any atom is -0.870 e. The highest BCUT2D eigenvalue weighted by Crippen LogP contribution is 2.29. The summed E-state index contributed by atoms with van der Waals surface area (Å²) in [5.41, 5.74) is 0. The molecule has 2 aliphatic rings. The van der Waals surface area contributed by atoms with Crippen molar-refractivity contribution in [1.29, 1.82) is 0 Å². The van der Waals surface area contributed by atoms with Crippen LogP contribution in [0.3, 0.4) is 0 Å². The Labute approximate surface area is 152 Å². The highest BCUT2D eigenvalue weighted by molar-refractivity contribution is 4.67. The molecule has 148 valence electrons. The maximum absolute atomic E-state index is 2.41. The van der Waals surface area contributed by atoms with Gasteiger partial charge in [0.1, 0.15) is 0 Å². The summed E-state index contributed by atoms with van der Waals surface area (Å²) in [4.78, 5) is 0. The summed E-state index contributed by atoms with van der Waals surface area (Å²) in [5.74, 6) is 0. The molecule has 0 aliphatic carbocycles. The molecular weight excluding hydrogens is 300 g/mol. The van der Waals surface area contributed by atoms with Crippen molar-refractivity contribution in [2.75, 3.05) is 27.2 Å². The lowest BCUT2D eigenvalue weighted by molar-refractivity contribution is -0.956. The Kier molecular flexibility index (Phi) is 11.7. The van der Waals surface area contributed by atoms with Gasteiger partial charge in [-0.3, -0.25) is 0 Å². The zero-order valence-corrected chi connectivity index (χ0v) is 17.8. The zero-order chi connectivity index (χ0) is 17.0. The number of hydrogen-bond acceptors (Lipinski definition) is 2. The molecular formula is C20H46N2O2. The van der Waals surface area contributed by atoms with E-state index < -0.39 is 0 Å². The van der Waals surface area contributed by atoms with Crippen LogP contribution in [-0.4, -0.2) is 71.3 Å². The fourth-order valence-corrected chi connectivity index (χ4v) is 4.71. The Hall–Kier alpha value is -0.160. The normalized spacial score (nSPS) is 42.0. The molecule has 2 aliphatic heterocycles. The molecule has 4 unspecified atom stereocenters. The van der Waals surface area contributed by atoms with Crippen LogP contribution in [0, 0.1) is 0 Å². The predicted molar refractivity (Wildman–Crippen MR) is 103 cm³/mol. The van der Waals surface area contributed by atoms with Gasteiger partial charge in [0.2, 0.25) is 0 Å². The summed E-state index contributed by atoms with van der Waals surface area (Å²) in [7, 11) is 4.82. The quantitative estimate of drug-likeness (QED) is 0.692. The molecule has 0 bridgehead atoms. The Morgan fingerprint density at radius 2 is 0.792 bits per heavy atom. The molecule has 2 fully saturated rings. The summed E-state index contributed by atoms with van der Waals surface area (Å²) < 4.78 is 2.58. The fraction of sp³-hybridized carbons (Fsp3) is 1.00. The number of likely N-dealkylation sites (tertiary alicyclic amines) is 2. The van der Waals surface area contributed by atoms with Crippen LogP contribution >= 0.6 is 0 Å². The molecule has 2 saturated heterocycles. The van der Waals surface area contributed by atoms with E-state index in [1.165, 1.54) is 60.6 Å². The molecule has 0 amide bonds. The molecule has 4 heteroatoms. The van der Waals surface area contributed by atoms with Crippen LogP contribution in [0.5, 0.6) is 0 Å². The van der Waals surface area contributed by atoms with E-state index in [1.54, 1.807) is 0 Å². The third-order valence-electron chi connectivity index (χ3n) is 7.88. The fourth-order valence-electron chi connectivity index (χ4n) is 4.71. The van der Waals surface area contributed by atoms with Crippen molar-refractivity contribution in [1.82, 2.24) is 0 Å². The number of piperidine rings is 2. The highest BCUT2D eigenvalue weighted by Gasteiger charge is 2.37. The molecule has 2 heterocycles. The number of quaternary nitrogens is 2. The van der Waals surface area contributed by atoms with Gasteiger partial charge in [-0.05, 0) is 80.1 Å². The average Bonchev–Trinajstić information content (AvgIpc) is 2.50. The van der Waals surface area contributed by atoms with E-state index in [2.05, 4.69) is 55.6 Å². The maximum Gasteiger partial charge on any atom is 0.0861 e. The molecule has 0 saturated carbocycles. The predicted octanol–water partition coefficient (Wildman–Crippen LogP) is 4.47. The molecule has 2 N–H and O–H groups in total. The van der Waals surface area contributed by atoms with Gasteiger partial charge in [0, 0.05) is 0 Å². The van der Waals surface area contributed by atoms with E-state index in [4.69, 9.17) is 0 Å². The second kappa shape index (κ2) is 10.7. The average molecular weight is 347 g/mol. The minimum absolute atomic E-state index is 0. The zero-order valence-electron chi connectivity index (χ0n) is 17.8. The first-order chi connectivity index (χ1) is 10.2. The lowest BCUT2D eigenvalue weighted by Gasteiger charge is -2.47. The Morgan fingerprint density at radius 3 is 0.917 bits per heavy atom. The third-order valence-corrected chi connectivity index (χ3v) is 7.88. The molecule has 24 heavy (non-hydrogen) atoms. The lowest BCUT2D eigenvalue weighted by atomic mass is 9.94. The molecule has 0 aromatic heterocycles. The molecule has 0 spiro atoms. The molecule has 4 atom stereocenters. The Balaban J connectivity index is 0. The van der Waals surface area contributed by atoms with Gasteiger partial charge in [0.15, 0.2) is 0 Å². The van der Waals surface area contributed by atoms with Crippen molar-refractivity contribution in [3.63, 3.8) is 0 Å². The number of hydrogen-bond donors (Lipinski definition) is 0. The van der Waals surface area contributed by atoms with Crippen molar-refractivity contribution >= 4 is 0 Å². The number of nitrogens with zero attached hydrogens (tertiary/aromatic N) is 2. The first-order valence-corrected chi connectivity index (χ1v) is 9.92. The van der Waals surface area contributed by atoms with E-state index in [1.807, 2.05) is 0 Å². The van der Waals surface area contributed by atoms with Gasteiger partial charge in [0.25, 0.3) is 0 Å². The second-order valence-electron chi connectivity index (χ2n) is 8.58. The maximum atomic E-state index is 2.41. The van der Waals surface area contributed by atoms with Crippen molar-refractivity contribution < 1.29 is 19.9 Å². The lowest BCUT2D eigenvalue weighted by Crippen LogP contribution is -2.58. The smallest absolute Gasteiger partial charge is 0.0861 e. The van der Waals surface area contributed by atoms with Crippen LogP contribution in [-0.2, 0) is 0 Å². The van der Waals surface area contributed by atoms with Gasteiger partial charge in [-0.25, -0.2) is 0 Å². The molecule has 0 aromatic carbocycles. The molecule has 0 aromatic rings. The SMILES string of the molecule is CC[N+]1(C)C(C)CCCC1C.CC[N+]1(C)C(C)CCCC1C.[OH-].[OH-]. The summed E-state index contributed by atoms with van der Waals surface area (Å²) in [6, 6.07) is 3.51. The van der Waals surface area contributed by atoms with Crippen molar-refractivity contribution in [3.8, 4) is 0 Å². The molecule has 2 rings (SSSR count). The van der Waals surface area contributed by atoms with Gasteiger partial charge in [-0.2, -0.15) is 0 Å². The first kappa shape index (κ1) is 26.1. The largest absolute Gasteiger partial charge is 0.870 e. The van der Waals surface area contributed by atoms with Crippen LogP contribution < -0.4 is 0 Å². The van der Waals surface area contributed by atoms with Gasteiger partial charge < -0.3 is 19.9 Å². The van der Waals surface area contributed by atoms with Gasteiger partial charge in [-0.1, -0.05) is 0 Å². The third kappa shape index (κ3) is 5.42. The van der Waals surface area contributed by atoms with E-state index in [9.17, 15) is 0 Å². The van der Waals surface area contributed by atoms with E-state index in [0.717, 1.165) is 24.2 Å². The summed E-state index contributed by atoms with van der Waals surface area (Å²) in [6.45, 7) is 16.8. The van der Waals surface area contributed by atoms with E-state index >= 15 is 0 Å². The van der Waals surface area contributed by atoms with Gasteiger partial charge in [0.05, 0.1) is 51.4 Å². The Morgan fingerprint density at radius 1 is 0.583 bits per heavy atom. The summed E-state index contributed by atoms with van der Waals surface area (Å²) >= 11 is 0. The Bertz CT molecular complexity index is 284.